The minimum atomic E-state index is -0.171. The maximum atomic E-state index is 11.5. The molecule has 90 valence electrons. The first-order valence-electron chi connectivity index (χ1n) is 5.41. The predicted octanol–water partition coefficient (Wildman–Crippen LogP) is 0.735. The lowest BCUT2D eigenvalue weighted by Crippen LogP contribution is -2.37. The molecule has 5 heteroatoms. The molecule has 5 nitrogen and oxygen atoms in total. The van der Waals surface area contributed by atoms with Gasteiger partial charge in [0, 0.05) is 17.9 Å². The Morgan fingerprint density at radius 2 is 2.35 bits per heavy atom. The van der Waals surface area contributed by atoms with Crippen molar-refractivity contribution in [2.45, 2.75) is 6.92 Å². The van der Waals surface area contributed by atoms with Crippen molar-refractivity contribution in [3.05, 3.63) is 24.3 Å². The quantitative estimate of drug-likeness (QED) is 0.579. The van der Waals surface area contributed by atoms with Gasteiger partial charge in [0.15, 0.2) is 0 Å². The van der Waals surface area contributed by atoms with E-state index >= 15 is 0 Å². The molecule has 0 fully saturated rings. The zero-order valence-electron chi connectivity index (χ0n) is 9.81. The van der Waals surface area contributed by atoms with E-state index in [1.807, 2.05) is 36.1 Å². The Hall–Kier alpha value is -2.22. The number of nitrogens with two attached hydrogens (primary N) is 1. The highest BCUT2D eigenvalue weighted by Gasteiger charge is 2.09. The van der Waals surface area contributed by atoms with Crippen LogP contribution in [-0.2, 0) is 4.79 Å². The predicted molar refractivity (Wildman–Crippen MR) is 67.4 cm³/mol. The number of hydrogen-bond donors (Lipinski definition) is 2. The highest BCUT2D eigenvalue weighted by atomic mass is 16.2. The van der Waals surface area contributed by atoms with E-state index in [2.05, 4.69) is 5.32 Å². The zero-order valence-corrected chi connectivity index (χ0v) is 9.81. The Kier molecular flexibility index (Phi) is 4.82. The summed E-state index contributed by atoms with van der Waals surface area (Å²) in [5.74, 6) is -0.171. The minimum absolute atomic E-state index is 0.0350. The van der Waals surface area contributed by atoms with E-state index in [1.165, 1.54) is 0 Å². The van der Waals surface area contributed by atoms with Crippen molar-refractivity contribution >= 4 is 17.3 Å². The summed E-state index contributed by atoms with van der Waals surface area (Å²) < 4.78 is 0. The third-order valence-corrected chi connectivity index (χ3v) is 2.32. The van der Waals surface area contributed by atoms with Crippen LogP contribution in [0.3, 0.4) is 0 Å². The van der Waals surface area contributed by atoms with Crippen molar-refractivity contribution in [3.8, 4) is 6.07 Å². The molecule has 1 rings (SSSR count). The van der Waals surface area contributed by atoms with Gasteiger partial charge in [0.25, 0.3) is 0 Å². The van der Waals surface area contributed by atoms with Crippen molar-refractivity contribution < 1.29 is 4.79 Å². The van der Waals surface area contributed by atoms with E-state index in [-0.39, 0.29) is 19.0 Å². The van der Waals surface area contributed by atoms with Crippen LogP contribution in [0, 0.1) is 11.3 Å². The van der Waals surface area contributed by atoms with E-state index in [0.29, 0.717) is 12.2 Å². The maximum Gasteiger partial charge on any atom is 0.240 e. The van der Waals surface area contributed by atoms with Gasteiger partial charge in [-0.25, -0.2) is 0 Å². The molecule has 0 aliphatic carbocycles. The second-order valence-electron chi connectivity index (χ2n) is 3.54. The van der Waals surface area contributed by atoms with Crippen molar-refractivity contribution in [3.63, 3.8) is 0 Å². The van der Waals surface area contributed by atoms with Gasteiger partial charge < -0.3 is 16.0 Å². The third kappa shape index (κ3) is 4.03. The molecule has 0 spiro atoms. The van der Waals surface area contributed by atoms with Crippen LogP contribution in [0.4, 0.5) is 11.4 Å². The summed E-state index contributed by atoms with van der Waals surface area (Å²) in [5.41, 5.74) is 7.26. The molecule has 1 aromatic rings. The van der Waals surface area contributed by atoms with Gasteiger partial charge in [-0.1, -0.05) is 6.07 Å². The second kappa shape index (κ2) is 6.38. The van der Waals surface area contributed by atoms with Crippen LogP contribution in [0.2, 0.25) is 0 Å². The van der Waals surface area contributed by atoms with Gasteiger partial charge in [-0.05, 0) is 25.1 Å². The molecule has 3 N–H and O–H groups in total. The number of nitrogens with zero attached hydrogens (tertiary/aromatic N) is 2. The molecule has 0 saturated carbocycles. The molecule has 1 aromatic carbocycles. The summed E-state index contributed by atoms with van der Waals surface area (Å²) in [4.78, 5) is 13.4. The summed E-state index contributed by atoms with van der Waals surface area (Å²) in [6.45, 7) is 2.92. The average Bonchev–Trinajstić information content (AvgIpc) is 2.33. The Morgan fingerprint density at radius 1 is 1.59 bits per heavy atom. The van der Waals surface area contributed by atoms with Crippen molar-refractivity contribution in [1.82, 2.24) is 5.32 Å². The molecule has 17 heavy (non-hydrogen) atoms. The SMILES string of the molecule is CCN(CC(=O)NCC#N)c1cccc(N)c1. The molecule has 0 radical (unpaired) electrons. The summed E-state index contributed by atoms with van der Waals surface area (Å²) in [6, 6.07) is 9.24. The first kappa shape index (κ1) is 12.8. The van der Waals surface area contributed by atoms with Crippen LogP contribution in [0.15, 0.2) is 24.3 Å². The molecule has 0 atom stereocenters. The lowest BCUT2D eigenvalue weighted by Gasteiger charge is -2.22. The summed E-state index contributed by atoms with van der Waals surface area (Å²) in [6.07, 6.45) is 0. The maximum absolute atomic E-state index is 11.5. The van der Waals surface area contributed by atoms with Gasteiger partial charge in [0.1, 0.15) is 6.54 Å². The molecule has 0 heterocycles. The lowest BCUT2D eigenvalue weighted by molar-refractivity contribution is -0.119. The van der Waals surface area contributed by atoms with E-state index in [1.54, 1.807) is 6.07 Å². The van der Waals surface area contributed by atoms with Crippen LogP contribution in [-0.4, -0.2) is 25.5 Å². The van der Waals surface area contributed by atoms with Crippen LogP contribution in [0.5, 0.6) is 0 Å². The fourth-order valence-electron chi connectivity index (χ4n) is 1.47. The van der Waals surface area contributed by atoms with Gasteiger partial charge in [-0.3, -0.25) is 4.79 Å². The molecular weight excluding hydrogens is 216 g/mol. The number of benzene rings is 1. The third-order valence-electron chi connectivity index (χ3n) is 2.32. The molecule has 1 amide bonds. The van der Waals surface area contributed by atoms with Gasteiger partial charge >= 0.3 is 0 Å². The molecule has 0 bridgehead atoms. The fourth-order valence-corrected chi connectivity index (χ4v) is 1.47. The van der Waals surface area contributed by atoms with Gasteiger partial charge in [-0.15, -0.1) is 0 Å². The number of amides is 1. The summed E-state index contributed by atoms with van der Waals surface area (Å²) in [5, 5.41) is 10.9. The van der Waals surface area contributed by atoms with Crippen molar-refractivity contribution in [1.29, 1.82) is 5.26 Å². The molecule has 0 aromatic heterocycles. The van der Waals surface area contributed by atoms with Crippen LogP contribution < -0.4 is 16.0 Å². The molecule has 0 unspecified atom stereocenters. The first-order valence-corrected chi connectivity index (χ1v) is 5.41. The van der Waals surface area contributed by atoms with Crippen molar-refractivity contribution in [2.75, 3.05) is 30.3 Å². The highest BCUT2D eigenvalue weighted by molar-refractivity contribution is 5.81. The van der Waals surface area contributed by atoms with E-state index in [4.69, 9.17) is 11.0 Å². The zero-order chi connectivity index (χ0) is 12.7. The molecule has 0 saturated heterocycles. The van der Waals surface area contributed by atoms with Crippen LogP contribution in [0.1, 0.15) is 6.92 Å². The molecule has 0 aliphatic rings. The van der Waals surface area contributed by atoms with Gasteiger partial charge in [0.05, 0.1) is 12.6 Å². The average molecular weight is 232 g/mol. The van der Waals surface area contributed by atoms with Crippen molar-refractivity contribution in [2.24, 2.45) is 0 Å². The molecule has 0 aliphatic heterocycles. The highest BCUT2D eigenvalue weighted by Crippen LogP contribution is 2.16. The van der Waals surface area contributed by atoms with Crippen LogP contribution >= 0.6 is 0 Å². The van der Waals surface area contributed by atoms with Gasteiger partial charge in [-0.2, -0.15) is 5.26 Å². The number of nitrogen functional groups attached to an aromatic ring is 1. The first-order chi connectivity index (χ1) is 8.17. The number of rotatable bonds is 5. The Labute approximate surface area is 101 Å². The van der Waals surface area contributed by atoms with E-state index in [0.717, 1.165) is 5.69 Å². The topological polar surface area (TPSA) is 82.2 Å². The Balaban J connectivity index is 2.66. The minimum Gasteiger partial charge on any atom is -0.399 e. The fraction of sp³-hybridized carbons (Fsp3) is 0.333. The number of carbonyl (C=O) groups excluding carboxylic acids is 1. The Morgan fingerprint density at radius 3 is 2.94 bits per heavy atom. The standard InChI is InChI=1S/C12H16N4O/c1-2-16(9-12(17)15-7-6-13)11-5-3-4-10(14)8-11/h3-5,8H,2,7,9,14H2,1H3,(H,15,17). The number of nitrogens with one attached hydrogen (secondary N) is 1. The number of likely N-dealkylation sites (N-methyl/N-ethyl adjacent to an activating group) is 1. The normalized spacial score (nSPS) is 9.41. The monoisotopic (exact) mass is 232 g/mol. The largest absolute Gasteiger partial charge is 0.399 e. The number of anilines is 2. The van der Waals surface area contributed by atoms with E-state index in [9.17, 15) is 4.79 Å². The molecular formula is C12H16N4O. The number of nitriles is 1. The van der Waals surface area contributed by atoms with E-state index < -0.39 is 0 Å². The number of carbonyl (C=O) groups is 1. The second-order valence-corrected chi connectivity index (χ2v) is 3.54. The van der Waals surface area contributed by atoms with Crippen LogP contribution in [0.25, 0.3) is 0 Å². The summed E-state index contributed by atoms with van der Waals surface area (Å²) >= 11 is 0. The smallest absolute Gasteiger partial charge is 0.240 e. The lowest BCUT2D eigenvalue weighted by atomic mass is 10.2. The van der Waals surface area contributed by atoms with Gasteiger partial charge in [0.2, 0.25) is 5.91 Å². The Bertz CT molecular complexity index is 425. The summed E-state index contributed by atoms with van der Waals surface area (Å²) in [7, 11) is 0. The number of hydrogen-bond acceptors (Lipinski definition) is 4.